The molecule has 7 heteroatoms. The van der Waals surface area contributed by atoms with Gasteiger partial charge in [-0.15, -0.1) is 0 Å². The van der Waals surface area contributed by atoms with Crippen LogP contribution in [-0.2, 0) is 22.9 Å². The number of rotatable bonds is 6. The maximum atomic E-state index is 12.8. The zero-order valence-corrected chi connectivity index (χ0v) is 12.7. The van der Waals surface area contributed by atoms with E-state index in [4.69, 9.17) is 0 Å². The minimum absolute atomic E-state index is 0.0605. The normalized spacial score (nSPS) is 13.3. The van der Waals surface area contributed by atoms with E-state index in [0.717, 1.165) is 5.56 Å². The minimum atomic E-state index is -3.62. The Morgan fingerprint density at radius 2 is 2.00 bits per heavy atom. The third kappa shape index (κ3) is 4.12. The van der Waals surface area contributed by atoms with E-state index in [1.54, 1.807) is 19.1 Å². The second kappa shape index (κ2) is 6.36. The lowest BCUT2D eigenvalue weighted by Gasteiger charge is -2.13. The summed E-state index contributed by atoms with van der Waals surface area (Å²) in [6, 6.07) is 5.70. The van der Waals surface area contributed by atoms with E-state index < -0.39 is 10.0 Å². The average molecular weight is 311 g/mol. The lowest BCUT2D eigenvalue weighted by atomic mass is 10.1. The van der Waals surface area contributed by atoms with Gasteiger partial charge >= 0.3 is 0 Å². The molecular formula is C14H18FN3O2S. The molecule has 0 saturated carbocycles. The summed E-state index contributed by atoms with van der Waals surface area (Å²) in [6.07, 6.45) is 2.43. The summed E-state index contributed by atoms with van der Waals surface area (Å²) in [6.45, 7) is 3.65. The molecule has 0 aliphatic rings. The van der Waals surface area contributed by atoms with E-state index in [9.17, 15) is 12.8 Å². The number of aryl methyl sites for hydroxylation is 1. The van der Waals surface area contributed by atoms with E-state index in [2.05, 4.69) is 14.7 Å². The average Bonchev–Trinajstić information content (AvgIpc) is 2.90. The number of sulfonamides is 1. The van der Waals surface area contributed by atoms with Crippen molar-refractivity contribution < 1.29 is 12.8 Å². The van der Waals surface area contributed by atoms with Gasteiger partial charge in [0.25, 0.3) is 10.0 Å². The third-order valence-corrected chi connectivity index (χ3v) is 4.54. The molecule has 0 aliphatic heterocycles. The molecule has 2 rings (SSSR count). The first-order valence-corrected chi connectivity index (χ1v) is 8.19. The highest BCUT2D eigenvalue weighted by molar-refractivity contribution is 7.89. The van der Waals surface area contributed by atoms with Crippen molar-refractivity contribution >= 4 is 10.0 Å². The van der Waals surface area contributed by atoms with E-state index in [-0.39, 0.29) is 16.9 Å². The first-order chi connectivity index (χ1) is 9.90. The molecule has 0 fully saturated rings. The van der Waals surface area contributed by atoms with Gasteiger partial charge in [-0.05, 0) is 31.0 Å². The minimum Gasteiger partial charge on any atom is -0.332 e. The van der Waals surface area contributed by atoms with Crippen molar-refractivity contribution in [3.05, 3.63) is 47.7 Å². The number of H-pyrrole nitrogens is 1. The molecule has 2 aromatic rings. The molecular weight excluding hydrogens is 293 g/mol. The maximum Gasteiger partial charge on any atom is 0.257 e. The molecule has 1 atom stereocenters. The van der Waals surface area contributed by atoms with Crippen LogP contribution >= 0.6 is 0 Å². The van der Waals surface area contributed by atoms with Crippen LogP contribution in [-0.4, -0.2) is 24.4 Å². The Morgan fingerprint density at radius 1 is 1.33 bits per heavy atom. The third-order valence-electron chi connectivity index (χ3n) is 3.04. The van der Waals surface area contributed by atoms with Gasteiger partial charge in [0.2, 0.25) is 0 Å². The number of aromatic amines is 1. The van der Waals surface area contributed by atoms with E-state index >= 15 is 0 Å². The molecule has 1 aromatic heterocycles. The number of halogens is 1. The fraction of sp³-hybridized carbons (Fsp3) is 0.357. The molecule has 0 amide bonds. The second-order valence-electron chi connectivity index (χ2n) is 4.90. The lowest BCUT2D eigenvalue weighted by molar-refractivity contribution is 0.556. The fourth-order valence-corrected chi connectivity index (χ4v) is 3.19. The molecule has 1 aromatic carbocycles. The highest BCUT2D eigenvalue weighted by Gasteiger charge is 2.19. The van der Waals surface area contributed by atoms with Crippen LogP contribution in [0.5, 0.6) is 0 Å². The van der Waals surface area contributed by atoms with Gasteiger partial charge in [-0.3, -0.25) is 0 Å². The van der Waals surface area contributed by atoms with Crippen molar-refractivity contribution in [3.63, 3.8) is 0 Å². The Balaban J connectivity index is 2.03. The zero-order valence-electron chi connectivity index (χ0n) is 11.9. The van der Waals surface area contributed by atoms with Crippen LogP contribution in [0.25, 0.3) is 0 Å². The van der Waals surface area contributed by atoms with Crippen LogP contribution in [0.15, 0.2) is 35.5 Å². The summed E-state index contributed by atoms with van der Waals surface area (Å²) in [5.41, 5.74) is 0.866. The molecule has 0 radical (unpaired) electrons. The Morgan fingerprint density at radius 3 is 2.57 bits per heavy atom. The highest BCUT2D eigenvalue weighted by atomic mass is 32.2. The number of nitrogens with one attached hydrogen (secondary N) is 2. The molecule has 1 unspecified atom stereocenters. The van der Waals surface area contributed by atoms with Crippen molar-refractivity contribution in [1.82, 2.24) is 14.7 Å². The van der Waals surface area contributed by atoms with Crippen LogP contribution in [0.4, 0.5) is 4.39 Å². The topological polar surface area (TPSA) is 74.8 Å². The van der Waals surface area contributed by atoms with E-state index in [1.807, 2.05) is 6.92 Å². The maximum absolute atomic E-state index is 12.8. The standard InChI is InChI=1S/C14H18FN3O2S/c1-3-13-16-9-14(17-13)21(19,20)18-10(2)8-11-4-6-12(15)7-5-11/h4-7,9-10,18H,3,8H2,1-2H3,(H,16,17). The molecule has 0 spiro atoms. The van der Waals surface area contributed by atoms with Gasteiger partial charge in [-0.2, -0.15) is 0 Å². The molecule has 0 bridgehead atoms. The second-order valence-corrected chi connectivity index (χ2v) is 6.58. The van der Waals surface area contributed by atoms with Gasteiger partial charge in [0, 0.05) is 12.5 Å². The predicted molar refractivity (Wildman–Crippen MR) is 77.9 cm³/mol. The summed E-state index contributed by atoms with van der Waals surface area (Å²) in [4.78, 5) is 6.75. The summed E-state index contributed by atoms with van der Waals surface area (Å²) in [5.74, 6) is 0.318. The molecule has 0 aliphatic carbocycles. The van der Waals surface area contributed by atoms with Crippen LogP contribution in [0, 0.1) is 5.82 Å². The summed E-state index contributed by atoms with van der Waals surface area (Å²) < 4.78 is 39.8. The van der Waals surface area contributed by atoms with Gasteiger partial charge in [-0.1, -0.05) is 19.1 Å². The summed E-state index contributed by atoms with van der Waals surface area (Å²) in [7, 11) is -3.62. The Hall–Kier alpha value is -1.73. The van der Waals surface area contributed by atoms with Gasteiger partial charge in [0.15, 0.2) is 5.03 Å². The van der Waals surface area contributed by atoms with Crippen molar-refractivity contribution in [3.8, 4) is 0 Å². The van der Waals surface area contributed by atoms with E-state index in [0.29, 0.717) is 18.7 Å². The Kier molecular flexibility index (Phi) is 4.74. The molecule has 5 nitrogen and oxygen atoms in total. The Labute approximate surface area is 123 Å². The molecule has 0 saturated heterocycles. The monoisotopic (exact) mass is 311 g/mol. The van der Waals surface area contributed by atoms with Gasteiger partial charge in [0.1, 0.15) is 11.6 Å². The van der Waals surface area contributed by atoms with Gasteiger partial charge in [0.05, 0.1) is 6.20 Å². The molecule has 2 N–H and O–H groups in total. The molecule has 114 valence electrons. The number of benzene rings is 1. The fourth-order valence-electron chi connectivity index (χ4n) is 2.00. The Bertz CT molecular complexity index is 695. The smallest absolute Gasteiger partial charge is 0.257 e. The molecule has 1 heterocycles. The quantitative estimate of drug-likeness (QED) is 0.857. The number of aromatic nitrogens is 2. The first kappa shape index (κ1) is 15.7. The first-order valence-electron chi connectivity index (χ1n) is 6.71. The van der Waals surface area contributed by atoms with Crippen molar-refractivity contribution in [2.45, 2.75) is 37.8 Å². The molecule has 21 heavy (non-hydrogen) atoms. The number of hydrogen-bond donors (Lipinski definition) is 2. The number of imidazole rings is 1. The van der Waals surface area contributed by atoms with Crippen LogP contribution in [0.1, 0.15) is 25.2 Å². The van der Waals surface area contributed by atoms with Crippen molar-refractivity contribution in [2.24, 2.45) is 0 Å². The number of nitrogens with zero attached hydrogens (tertiary/aromatic N) is 1. The van der Waals surface area contributed by atoms with E-state index in [1.165, 1.54) is 18.3 Å². The van der Waals surface area contributed by atoms with Gasteiger partial charge in [-0.25, -0.2) is 22.5 Å². The summed E-state index contributed by atoms with van der Waals surface area (Å²) >= 11 is 0. The van der Waals surface area contributed by atoms with Crippen LogP contribution < -0.4 is 4.72 Å². The lowest BCUT2D eigenvalue weighted by Crippen LogP contribution is -2.34. The SMILES string of the molecule is CCc1ncc(S(=O)(=O)NC(C)Cc2ccc(F)cc2)[nH]1. The summed E-state index contributed by atoms with van der Waals surface area (Å²) in [5, 5.41) is 0.0605. The predicted octanol–water partition coefficient (Wildman–Crippen LogP) is 2.02. The largest absolute Gasteiger partial charge is 0.332 e. The van der Waals surface area contributed by atoms with Crippen LogP contribution in [0.2, 0.25) is 0 Å². The highest BCUT2D eigenvalue weighted by Crippen LogP contribution is 2.10. The van der Waals surface area contributed by atoms with Gasteiger partial charge < -0.3 is 4.98 Å². The number of hydrogen-bond acceptors (Lipinski definition) is 3. The zero-order chi connectivity index (χ0) is 15.5. The van der Waals surface area contributed by atoms with Crippen LogP contribution in [0.3, 0.4) is 0 Å². The van der Waals surface area contributed by atoms with Crippen molar-refractivity contribution in [1.29, 1.82) is 0 Å². The van der Waals surface area contributed by atoms with Crippen molar-refractivity contribution in [2.75, 3.05) is 0 Å².